The van der Waals surface area contributed by atoms with Crippen molar-refractivity contribution in [1.82, 2.24) is 15.2 Å². The SMILES string of the molecule is C=C(C)COCC1CN(C2=c3ncccc3=CNc3sc(C)cc32)CCN1. The molecule has 0 aliphatic carbocycles. The van der Waals surface area contributed by atoms with Crippen molar-refractivity contribution in [1.29, 1.82) is 0 Å². The van der Waals surface area contributed by atoms with Crippen LogP contribution >= 0.6 is 11.3 Å². The summed E-state index contributed by atoms with van der Waals surface area (Å²) in [7, 11) is 0. The van der Waals surface area contributed by atoms with Gasteiger partial charge in [-0.25, -0.2) is 0 Å². The van der Waals surface area contributed by atoms with Gasteiger partial charge in [-0.2, -0.15) is 0 Å². The molecule has 1 saturated heterocycles. The van der Waals surface area contributed by atoms with Crippen molar-refractivity contribution >= 4 is 28.2 Å². The molecule has 6 heteroatoms. The van der Waals surface area contributed by atoms with E-state index < -0.39 is 0 Å². The van der Waals surface area contributed by atoms with Crippen molar-refractivity contribution in [3.63, 3.8) is 0 Å². The molecule has 1 atom stereocenters. The molecule has 5 nitrogen and oxygen atoms in total. The maximum absolute atomic E-state index is 5.81. The average Bonchev–Trinajstić information content (AvgIpc) is 2.94. The molecule has 1 fully saturated rings. The zero-order chi connectivity index (χ0) is 18.8. The predicted octanol–water partition coefficient (Wildman–Crippen LogP) is 1.64. The van der Waals surface area contributed by atoms with Crippen molar-refractivity contribution in [2.24, 2.45) is 0 Å². The van der Waals surface area contributed by atoms with E-state index in [-0.39, 0.29) is 0 Å². The van der Waals surface area contributed by atoms with Gasteiger partial charge in [0, 0.05) is 53.7 Å². The summed E-state index contributed by atoms with van der Waals surface area (Å²) >= 11 is 1.79. The Morgan fingerprint density at radius 3 is 3.22 bits per heavy atom. The summed E-state index contributed by atoms with van der Waals surface area (Å²) in [6.07, 6.45) is 3.95. The highest BCUT2D eigenvalue weighted by molar-refractivity contribution is 7.16. The highest BCUT2D eigenvalue weighted by Crippen LogP contribution is 2.34. The Kier molecular flexibility index (Phi) is 5.29. The van der Waals surface area contributed by atoms with E-state index in [9.17, 15) is 0 Å². The summed E-state index contributed by atoms with van der Waals surface area (Å²) in [4.78, 5) is 8.51. The third-order valence-electron chi connectivity index (χ3n) is 4.77. The molecule has 0 amide bonds. The number of aryl methyl sites for hydroxylation is 1. The molecular weight excluding hydrogens is 356 g/mol. The molecule has 2 aliphatic rings. The number of piperazine rings is 1. The summed E-state index contributed by atoms with van der Waals surface area (Å²) in [5.74, 6) is 0. The summed E-state index contributed by atoms with van der Waals surface area (Å²) in [5, 5.41) is 10.4. The van der Waals surface area contributed by atoms with Crippen LogP contribution in [-0.2, 0) is 4.74 Å². The monoisotopic (exact) mass is 382 g/mol. The standard InChI is InChI=1S/C21H26N4OS/c1-14(2)12-26-13-17-11-25(8-7-22-17)20-18-9-15(3)27-21(18)24-10-16-5-4-6-23-19(16)20/h4-6,9-10,17,22,24H,1,7-8,11-13H2,2-3H3. The van der Waals surface area contributed by atoms with Gasteiger partial charge in [-0.3, -0.25) is 4.98 Å². The second-order valence-electron chi connectivity index (χ2n) is 7.25. The fourth-order valence-electron chi connectivity index (χ4n) is 3.64. The van der Waals surface area contributed by atoms with Crippen LogP contribution in [-0.4, -0.2) is 48.8 Å². The molecule has 27 heavy (non-hydrogen) atoms. The molecule has 0 bridgehead atoms. The molecule has 2 aromatic heterocycles. The zero-order valence-corrected chi connectivity index (χ0v) is 16.7. The van der Waals surface area contributed by atoms with Gasteiger partial charge in [0.15, 0.2) is 0 Å². The van der Waals surface area contributed by atoms with E-state index in [1.807, 2.05) is 19.2 Å². The van der Waals surface area contributed by atoms with Gasteiger partial charge in [0.25, 0.3) is 0 Å². The number of thiophene rings is 1. The smallest absolute Gasteiger partial charge is 0.102 e. The third-order valence-corrected chi connectivity index (χ3v) is 5.75. The van der Waals surface area contributed by atoms with Crippen LogP contribution in [0.2, 0.25) is 0 Å². The highest BCUT2D eigenvalue weighted by Gasteiger charge is 2.26. The average molecular weight is 383 g/mol. The Balaban J connectivity index is 1.69. The number of anilines is 1. The Bertz CT molecular complexity index is 965. The first kappa shape index (κ1) is 18.2. The molecule has 1 unspecified atom stereocenters. The third kappa shape index (κ3) is 3.93. The van der Waals surface area contributed by atoms with Gasteiger partial charge in [-0.15, -0.1) is 11.3 Å². The van der Waals surface area contributed by atoms with Crippen molar-refractivity contribution in [2.75, 3.05) is 38.2 Å². The number of rotatable bonds is 5. The van der Waals surface area contributed by atoms with Crippen LogP contribution in [0.3, 0.4) is 0 Å². The largest absolute Gasteiger partial charge is 0.375 e. The first-order valence-corrected chi connectivity index (χ1v) is 10.2. The quantitative estimate of drug-likeness (QED) is 0.770. The van der Waals surface area contributed by atoms with Crippen LogP contribution in [0.15, 0.2) is 36.5 Å². The number of nitrogens with zero attached hydrogens (tertiary/aromatic N) is 2. The summed E-state index contributed by atoms with van der Waals surface area (Å²) in [5.41, 5.74) is 3.52. The van der Waals surface area contributed by atoms with E-state index in [0.717, 1.165) is 35.8 Å². The molecular formula is C21H26N4OS. The number of hydrogen-bond donors (Lipinski definition) is 2. The topological polar surface area (TPSA) is 49.4 Å². The molecule has 2 N–H and O–H groups in total. The number of fused-ring (bicyclic) bond motifs is 2. The lowest BCUT2D eigenvalue weighted by molar-refractivity contribution is 0.109. The lowest BCUT2D eigenvalue weighted by atomic mass is 10.1. The highest BCUT2D eigenvalue weighted by atomic mass is 32.1. The molecule has 0 aromatic carbocycles. The van der Waals surface area contributed by atoms with E-state index in [4.69, 9.17) is 9.72 Å². The maximum Gasteiger partial charge on any atom is 0.102 e. The minimum absolute atomic E-state index is 0.293. The molecule has 142 valence electrons. The Hall–Kier alpha value is -2.15. The molecule has 0 spiro atoms. The second-order valence-corrected chi connectivity index (χ2v) is 8.50. The van der Waals surface area contributed by atoms with Gasteiger partial charge in [0.05, 0.1) is 24.3 Å². The van der Waals surface area contributed by atoms with Crippen molar-refractivity contribution in [3.05, 3.63) is 57.6 Å². The first-order chi connectivity index (χ1) is 13.1. The minimum Gasteiger partial charge on any atom is -0.375 e. The molecule has 0 saturated carbocycles. The lowest BCUT2D eigenvalue weighted by Crippen LogP contribution is -2.53. The van der Waals surface area contributed by atoms with Crippen LogP contribution < -0.4 is 21.2 Å². The molecule has 2 aliphatic heterocycles. The van der Waals surface area contributed by atoms with Crippen molar-refractivity contribution < 1.29 is 4.74 Å². The minimum atomic E-state index is 0.293. The summed E-state index contributed by atoms with van der Waals surface area (Å²) in [6, 6.07) is 6.68. The van der Waals surface area contributed by atoms with E-state index in [2.05, 4.69) is 47.4 Å². The molecule has 4 rings (SSSR count). The zero-order valence-electron chi connectivity index (χ0n) is 15.9. The van der Waals surface area contributed by atoms with Crippen molar-refractivity contribution in [2.45, 2.75) is 19.9 Å². The fraction of sp³-hybridized carbons (Fsp3) is 0.381. The van der Waals surface area contributed by atoms with Crippen LogP contribution in [0.1, 0.15) is 17.4 Å². The van der Waals surface area contributed by atoms with E-state index >= 15 is 0 Å². The van der Waals surface area contributed by atoms with Crippen molar-refractivity contribution in [3.8, 4) is 0 Å². The Morgan fingerprint density at radius 2 is 2.37 bits per heavy atom. The van der Waals surface area contributed by atoms with Crippen LogP contribution in [0.5, 0.6) is 0 Å². The maximum atomic E-state index is 5.81. The Labute approximate surface area is 164 Å². The molecule has 4 heterocycles. The second kappa shape index (κ2) is 7.84. The number of nitrogens with one attached hydrogen (secondary N) is 2. The first-order valence-electron chi connectivity index (χ1n) is 9.35. The van der Waals surface area contributed by atoms with Crippen LogP contribution in [0.25, 0.3) is 11.9 Å². The number of aromatic nitrogens is 1. The van der Waals surface area contributed by atoms with Gasteiger partial charge in [-0.05, 0) is 32.0 Å². The molecule has 2 aromatic rings. The van der Waals surface area contributed by atoms with Gasteiger partial charge >= 0.3 is 0 Å². The van der Waals surface area contributed by atoms with Gasteiger partial charge in [0.2, 0.25) is 0 Å². The van der Waals surface area contributed by atoms with E-state index in [1.165, 1.54) is 21.1 Å². The summed E-state index contributed by atoms with van der Waals surface area (Å²) < 4.78 is 5.81. The molecule has 0 radical (unpaired) electrons. The van der Waals surface area contributed by atoms with E-state index in [1.54, 1.807) is 11.3 Å². The normalized spacial score (nSPS) is 18.8. The number of pyridine rings is 1. The Morgan fingerprint density at radius 1 is 1.48 bits per heavy atom. The van der Waals surface area contributed by atoms with Gasteiger partial charge in [-0.1, -0.05) is 12.2 Å². The summed E-state index contributed by atoms with van der Waals surface area (Å²) in [6.45, 7) is 12.2. The van der Waals surface area contributed by atoms with Gasteiger partial charge in [0.1, 0.15) is 5.00 Å². The van der Waals surface area contributed by atoms with Crippen LogP contribution in [0.4, 0.5) is 5.00 Å². The number of hydrogen-bond acceptors (Lipinski definition) is 6. The van der Waals surface area contributed by atoms with E-state index in [0.29, 0.717) is 19.3 Å². The lowest BCUT2D eigenvalue weighted by Gasteiger charge is -2.36. The fourth-order valence-corrected chi connectivity index (χ4v) is 4.52. The van der Waals surface area contributed by atoms with Gasteiger partial charge < -0.3 is 20.3 Å². The number of ether oxygens (including phenoxy) is 1. The predicted molar refractivity (Wildman–Crippen MR) is 112 cm³/mol. The van der Waals surface area contributed by atoms with Crippen LogP contribution in [0, 0.1) is 6.92 Å².